The van der Waals surface area contributed by atoms with Gasteiger partial charge in [0.25, 0.3) is 0 Å². The Morgan fingerprint density at radius 3 is 2.33 bits per heavy atom. The SMILES string of the molecule is O=C(O)C1[C@@H]2CNC[C@@H]1COC2. The molecule has 2 saturated heterocycles. The first-order valence-corrected chi connectivity index (χ1v) is 4.30. The van der Waals surface area contributed by atoms with E-state index in [0.29, 0.717) is 13.2 Å². The molecular formula is C8H13NO3. The molecule has 12 heavy (non-hydrogen) atoms. The highest BCUT2D eigenvalue weighted by atomic mass is 16.5. The molecule has 2 aliphatic rings. The third kappa shape index (κ3) is 1.21. The summed E-state index contributed by atoms with van der Waals surface area (Å²) in [6.07, 6.45) is 0. The van der Waals surface area contributed by atoms with Crippen LogP contribution in [-0.4, -0.2) is 37.4 Å². The molecule has 0 aromatic rings. The molecule has 2 fully saturated rings. The number of rotatable bonds is 1. The molecule has 2 heterocycles. The smallest absolute Gasteiger partial charge is 0.307 e. The van der Waals surface area contributed by atoms with Crippen LogP contribution >= 0.6 is 0 Å². The van der Waals surface area contributed by atoms with Crippen LogP contribution in [0.1, 0.15) is 0 Å². The fourth-order valence-corrected chi connectivity index (χ4v) is 2.19. The number of fused-ring (bicyclic) bond motifs is 2. The molecule has 2 N–H and O–H groups in total. The van der Waals surface area contributed by atoms with Gasteiger partial charge in [0, 0.05) is 24.9 Å². The van der Waals surface area contributed by atoms with Crippen molar-refractivity contribution in [3.8, 4) is 0 Å². The predicted octanol–water partition coefficient (Wildman–Crippen LogP) is -0.447. The number of carbonyl (C=O) groups is 1. The van der Waals surface area contributed by atoms with Crippen molar-refractivity contribution in [1.82, 2.24) is 5.32 Å². The molecule has 0 radical (unpaired) electrons. The van der Waals surface area contributed by atoms with Gasteiger partial charge >= 0.3 is 5.97 Å². The molecule has 2 bridgehead atoms. The predicted molar refractivity (Wildman–Crippen MR) is 41.8 cm³/mol. The summed E-state index contributed by atoms with van der Waals surface area (Å²) in [5.41, 5.74) is 0. The van der Waals surface area contributed by atoms with E-state index in [0.717, 1.165) is 13.1 Å². The Morgan fingerprint density at radius 1 is 1.33 bits per heavy atom. The zero-order chi connectivity index (χ0) is 8.55. The summed E-state index contributed by atoms with van der Waals surface area (Å²) in [7, 11) is 0. The van der Waals surface area contributed by atoms with Crippen LogP contribution in [0.4, 0.5) is 0 Å². The van der Waals surface area contributed by atoms with Gasteiger partial charge in [-0.25, -0.2) is 0 Å². The molecule has 0 aromatic carbocycles. The third-order valence-electron chi connectivity index (χ3n) is 2.78. The van der Waals surface area contributed by atoms with Gasteiger partial charge in [-0.3, -0.25) is 4.79 Å². The first-order chi connectivity index (χ1) is 5.79. The van der Waals surface area contributed by atoms with Gasteiger partial charge in [0.1, 0.15) is 0 Å². The molecule has 0 amide bonds. The molecule has 4 nitrogen and oxygen atoms in total. The molecule has 0 saturated carbocycles. The molecule has 2 rings (SSSR count). The quantitative estimate of drug-likeness (QED) is 0.561. The van der Waals surface area contributed by atoms with Gasteiger partial charge in [-0.05, 0) is 0 Å². The van der Waals surface area contributed by atoms with Crippen molar-refractivity contribution in [3.63, 3.8) is 0 Å². The topological polar surface area (TPSA) is 58.6 Å². The van der Waals surface area contributed by atoms with Crippen LogP contribution in [0.3, 0.4) is 0 Å². The fourth-order valence-electron chi connectivity index (χ4n) is 2.19. The maximum atomic E-state index is 10.9. The number of hydrogen-bond donors (Lipinski definition) is 2. The lowest BCUT2D eigenvalue weighted by Crippen LogP contribution is -2.53. The molecule has 4 heteroatoms. The third-order valence-corrected chi connectivity index (χ3v) is 2.78. The molecular weight excluding hydrogens is 158 g/mol. The number of nitrogens with one attached hydrogen (secondary N) is 1. The van der Waals surface area contributed by atoms with E-state index in [-0.39, 0.29) is 17.8 Å². The van der Waals surface area contributed by atoms with Crippen LogP contribution in [0.5, 0.6) is 0 Å². The lowest BCUT2D eigenvalue weighted by atomic mass is 9.77. The lowest BCUT2D eigenvalue weighted by Gasteiger charge is -2.40. The highest BCUT2D eigenvalue weighted by Gasteiger charge is 2.41. The molecule has 0 aromatic heterocycles. The van der Waals surface area contributed by atoms with E-state index in [1.165, 1.54) is 0 Å². The van der Waals surface area contributed by atoms with Crippen molar-refractivity contribution in [1.29, 1.82) is 0 Å². The zero-order valence-corrected chi connectivity index (χ0v) is 6.82. The van der Waals surface area contributed by atoms with Crippen LogP contribution in [-0.2, 0) is 9.53 Å². The van der Waals surface area contributed by atoms with Crippen LogP contribution in [0, 0.1) is 17.8 Å². The first-order valence-electron chi connectivity index (χ1n) is 4.30. The van der Waals surface area contributed by atoms with E-state index in [2.05, 4.69) is 5.32 Å². The van der Waals surface area contributed by atoms with E-state index in [9.17, 15) is 4.79 Å². The average Bonchev–Trinajstić information content (AvgIpc) is 2.02. The molecule has 0 spiro atoms. The fraction of sp³-hybridized carbons (Fsp3) is 0.875. The highest BCUT2D eigenvalue weighted by molar-refractivity contribution is 5.71. The number of carboxylic acid groups (broad SMARTS) is 1. The lowest BCUT2D eigenvalue weighted by molar-refractivity contribution is -0.155. The van der Waals surface area contributed by atoms with Gasteiger partial charge in [-0.1, -0.05) is 0 Å². The van der Waals surface area contributed by atoms with E-state index < -0.39 is 5.97 Å². The Balaban J connectivity index is 2.13. The minimum Gasteiger partial charge on any atom is -0.481 e. The summed E-state index contributed by atoms with van der Waals surface area (Å²) in [6.45, 7) is 2.77. The normalized spacial score (nSPS) is 40.8. The standard InChI is InChI=1S/C8H13NO3/c10-8(11)7-5-1-9-2-6(7)4-12-3-5/h5-7,9H,1-4H2,(H,10,11)/t5-,6-/m1/s1. The van der Waals surface area contributed by atoms with Crippen molar-refractivity contribution in [2.75, 3.05) is 26.3 Å². The van der Waals surface area contributed by atoms with Crippen molar-refractivity contribution < 1.29 is 14.6 Å². The largest absolute Gasteiger partial charge is 0.481 e. The van der Waals surface area contributed by atoms with Gasteiger partial charge < -0.3 is 15.2 Å². The van der Waals surface area contributed by atoms with Crippen molar-refractivity contribution >= 4 is 5.97 Å². The number of hydrogen-bond acceptors (Lipinski definition) is 3. The molecule has 68 valence electrons. The summed E-state index contributed by atoms with van der Waals surface area (Å²) < 4.78 is 5.31. The number of carboxylic acids is 1. The maximum absolute atomic E-state index is 10.9. The summed E-state index contributed by atoms with van der Waals surface area (Å²) in [6, 6.07) is 0. The van der Waals surface area contributed by atoms with E-state index in [1.54, 1.807) is 0 Å². The van der Waals surface area contributed by atoms with Crippen molar-refractivity contribution in [2.45, 2.75) is 0 Å². The summed E-state index contributed by atoms with van der Waals surface area (Å²) >= 11 is 0. The van der Waals surface area contributed by atoms with Crippen molar-refractivity contribution in [2.24, 2.45) is 17.8 Å². The second kappa shape index (κ2) is 3.03. The Morgan fingerprint density at radius 2 is 1.92 bits per heavy atom. The molecule has 2 atom stereocenters. The minimum atomic E-state index is -0.658. The molecule has 2 aliphatic heterocycles. The second-order valence-corrected chi connectivity index (χ2v) is 3.58. The zero-order valence-electron chi connectivity index (χ0n) is 6.82. The second-order valence-electron chi connectivity index (χ2n) is 3.58. The monoisotopic (exact) mass is 171 g/mol. The Bertz CT molecular complexity index is 173. The number of aliphatic carboxylic acids is 1. The van der Waals surface area contributed by atoms with Gasteiger partial charge in [-0.2, -0.15) is 0 Å². The number of ether oxygens (including phenoxy) is 1. The van der Waals surface area contributed by atoms with Crippen molar-refractivity contribution in [3.05, 3.63) is 0 Å². The van der Waals surface area contributed by atoms with Crippen LogP contribution < -0.4 is 5.32 Å². The minimum absolute atomic E-state index is 0.176. The Hall–Kier alpha value is -0.610. The van der Waals surface area contributed by atoms with Gasteiger partial charge in [0.15, 0.2) is 0 Å². The van der Waals surface area contributed by atoms with Crippen LogP contribution in [0.15, 0.2) is 0 Å². The molecule has 0 aliphatic carbocycles. The van der Waals surface area contributed by atoms with Gasteiger partial charge in [0.2, 0.25) is 0 Å². The first kappa shape index (κ1) is 8.01. The Labute approximate surface area is 70.9 Å². The van der Waals surface area contributed by atoms with Gasteiger partial charge in [-0.15, -0.1) is 0 Å². The van der Waals surface area contributed by atoms with Gasteiger partial charge in [0.05, 0.1) is 19.1 Å². The Kier molecular flexibility index (Phi) is 2.02. The van der Waals surface area contributed by atoms with E-state index >= 15 is 0 Å². The van der Waals surface area contributed by atoms with Crippen LogP contribution in [0.2, 0.25) is 0 Å². The number of piperidine rings is 1. The maximum Gasteiger partial charge on any atom is 0.307 e. The van der Waals surface area contributed by atoms with E-state index in [4.69, 9.17) is 9.84 Å². The highest BCUT2D eigenvalue weighted by Crippen LogP contribution is 2.29. The molecule has 0 unspecified atom stereocenters. The summed E-state index contributed by atoms with van der Waals surface area (Å²) in [5, 5.41) is 12.2. The summed E-state index contributed by atoms with van der Waals surface area (Å²) in [5.74, 6) is -0.486. The van der Waals surface area contributed by atoms with Crippen LogP contribution in [0.25, 0.3) is 0 Å². The summed E-state index contributed by atoms with van der Waals surface area (Å²) in [4.78, 5) is 10.9. The average molecular weight is 171 g/mol. The van der Waals surface area contributed by atoms with E-state index in [1.807, 2.05) is 0 Å².